The quantitative estimate of drug-likeness (QED) is 0.402. The summed E-state index contributed by atoms with van der Waals surface area (Å²) in [6.45, 7) is 2.84. The van der Waals surface area contributed by atoms with Crippen LogP contribution in [0.4, 0.5) is 13.2 Å². The van der Waals surface area contributed by atoms with Gasteiger partial charge in [0.2, 0.25) is 0 Å². The van der Waals surface area contributed by atoms with Crippen LogP contribution in [0.25, 0.3) is 5.69 Å². The zero-order chi connectivity index (χ0) is 25.8. The summed E-state index contributed by atoms with van der Waals surface area (Å²) in [5.41, 5.74) is 3.45. The van der Waals surface area contributed by atoms with E-state index in [0.29, 0.717) is 17.0 Å². The molecule has 1 unspecified atom stereocenters. The fourth-order valence-electron chi connectivity index (χ4n) is 4.99. The Hall–Kier alpha value is -3.76. The van der Waals surface area contributed by atoms with E-state index in [1.165, 1.54) is 17.2 Å². The van der Waals surface area contributed by atoms with Crippen LogP contribution < -0.4 is 10.1 Å². The van der Waals surface area contributed by atoms with Crippen LogP contribution in [-0.4, -0.2) is 57.9 Å². The molecular weight excluding hydrogens is 481 g/mol. The highest BCUT2D eigenvalue weighted by molar-refractivity contribution is 5.44. The van der Waals surface area contributed by atoms with Gasteiger partial charge in [-0.25, -0.2) is 0 Å². The lowest BCUT2D eigenvalue weighted by Crippen LogP contribution is -2.52. The smallest absolute Gasteiger partial charge is 0.453 e. The molecule has 5 rings (SSSR count). The Morgan fingerprint density at radius 1 is 1.00 bits per heavy atom. The SMILES string of the molecule is COc1ccc(-n2nnnc2C(F)(F)F)cc1CN1CCNC(C(c2ccccc2)c2ccccc2)C1. The van der Waals surface area contributed by atoms with Crippen LogP contribution in [-0.2, 0) is 12.7 Å². The summed E-state index contributed by atoms with van der Waals surface area (Å²) < 4.78 is 46.4. The van der Waals surface area contributed by atoms with Crippen molar-refractivity contribution in [3.63, 3.8) is 0 Å². The van der Waals surface area contributed by atoms with Gasteiger partial charge in [-0.3, -0.25) is 4.90 Å². The predicted molar refractivity (Wildman–Crippen MR) is 133 cm³/mol. The standard InChI is InChI=1S/C27H27F3N6O/c1-37-24-13-12-22(36-26(27(28,29)30)32-33-34-36)16-21(24)17-35-15-14-31-23(18-35)25(19-8-4-2-5-9-19)20-10-6-3-7-11-20/h2-13,16,23,25,31H,14-15,17-18H2,1H3. The van der Waals surface area contributed by atoms with Crippen molar-refractivity contribution in [3.8, 4) is 11.4 Å². The van der Waals surface area contributed by atoms with Gasteiger partial charge in [-0.2, -0.15) is 17.9 Å². The number of halogens is 3. The number of tetrazole rings is 1. The van der Waals surface area contributed by atoms with Gasteiger partial charge in [-0.05, 0) is 39.8 Å². The Kier molecular flexibility index (Phi) is 7.20. The highest BCUT2D eigenvalue weighted by Gasteiger charge is 2.38. The molecule has 1 atom stereocenters. The van der Waals surface area contributed by atoms with Gasteiger partial charge in [0.15, 0.2) is 0 Å². The van der Waals surface area contributed by atoms with Crippen LogP contribution in [0.15, 0.2) is 78.9 Å². The van der Waals surface area contributed by atoms with E-state index in [4.69, 9.17) is 4.74 Å². The van der Waals surface area contributed by atoms with Crippen molar-refractivity contribution >= 4 is 0 Å². The summed E-state index contributed by atoms with van der Waals surface area (Å²) in [7, 11) is 1.55. The normalized spacial score (nSPS) is 16.7. The molecule has 0 aliphatic carbocycles. The maximum atomic E-state index is 13.4. The third-order valence-corrected chi connectivity index (χ3v) is 6.63. The molecule has 0 bridgehead atoms. The van der Waals surface area contributed by atoms with Gasteiger partial charge in [0, 0.05) is 43.7 Å². The van der Waals surface area contributed by atoms with Gasteiger partial charge >= 0.3 is 6.18 Å². The first-order valence-corrected chi connectivity index (χ1v) is 12.0. The summed E-state index contributed by atoms with van der Waals surface area (Å²) in [5, 5.41) is 13.7. The fraction of sp³-hybridized carbons (Fsp3) is 0.296. The predicted octanol–water partition coefficient (Wildman–Crippen LogP) is 4.30. The van der Waals surface area contributed by atoms with E-state index in [2.05, 4.69) is 74.3 Å². The van der Waals surface area contributed by atoms with E-state index in [-0.39, 0.29) is 17.6 Å². The topological polar surface area (TPSA) is 68.1 Å². The van der Waals surface area contributed by atoms with E-state index >= 15 is 0 Å². The van der Waals surface area contributed by atoms with E-state index in [1.54, 1.807) is 19.2 Å². The minimum atomic E-state index is -4.67. The third-order valence-electron chi connectivity index (χ3n) is 6.63. The number of ether oxygens (including phenoxy) is 1. The lowest BCUT2D eigenvalue weighted by atomic mass is 9.84. The lowest BCUT2D eigenvalue weighted by molar-refractivity contribution is -0.146. The molecule has 192 valence electrons. The Labute approximate surface area is 212 Å². The second-order valence-electron chi connectivity index (χ2n) is 9.00. The minimum Gasteiger partial charge on any atom is -0.496 e. The lowest BCUT2D eigenvalue weighted by Gasteiger charge is -2.38. The average Bonchev–Trinajstić information content (AvgIpc) is 3.42. The first-order valence-electron chi connectivity index (χ1n) is 12.0. The molecule has 1 fully saturated rings. The molecular formula is C27H27F3N6O. The fourth-order valence-corrected chi connectivity index (χ4v) is 4.99. The number of nitrogens with zero attached hydrogens (tertiary/aromatic N) is 5. The zero-order valence-electron chi connectivity index (χ0n) is 20.3. The van der Waals surface area contributed by atoms with Crippen LogP contribution in [0.3, 0.4) is 0 Å². The molecule has 2 heterocycles. The monoisotopic (exact) mass is 508 g/mol. The van der Waals surface area contributed by atoms with Crippen molar-refractivity contribution in [2.45, 2.75) is 24.7 Å². The highest BCUT2D eigenvalue weighted by atomic mass is 19.4. The van der Waals surface area contributed by atoms with Gasteiger partial charge in [0.05, 0.1) is 12.8 Å². The molecule has 4 aromatic rings. The van der Waals surface area contributed by atoms with Gasteiger partial charge in [0.25, 0.3) is 5.82 Å². The molecule has 1 N–H and O–H groups in total. The second kappa shape index (κ2) is 10.7. The Balaban J connectivity index is 1.42. The molecule has 3 aromatic carbocycles. The molecule has 0 saturated carbocycles. The van der Waals surface area contributed by atoms with Gasteiger partial charge < -0.3 is 10.1 Å². The molecule has 1 aromatic heterocycles. The number of alkyl halides is 3. The maximum absolute atomic E-state index is 13.4. The number of benzene rings is 3. The second-order valence-corrected chi connectivity index (χ2v) is 9.00. The Morgan fingerprint density at radius 3 is 2.30 bits per heavy atom. The average molecular weight is 509 g/mol. The molecule has 10 heteroatoms. The van der Waals surface area contributed by atoms with Crippen LogP contribution in [0.2, 0.25) is 0 Å². The number of methoxy groups -OCH3 is 1. The van der Waals surface area contributed by atoms with Crippen molar-refractivity contribution in [2.24, 2.45) is 0 Å². The highest BCUT2D eigenvalue weighted by Crippen LogP contribution is 2.32. The maximum Gasteiger partial charge on any atom is 0.453 e. The van der Waals surface area contributed by atoms with E-state index < -0.39 is 12.0 Å². The van der Waals surface area contributed by atoms with Crippen molar-refractivity contribution in [1.82, 2.24) is 30.4 Å². The third kappa shape index (κ3) is 5.50. The van der Waals surface area contributed by atoms with Gasteiger partial charge in [0.1, 0.15) is 5.75 Å². The summed E-state index contributed by atoms with van der Waals surface area (Å²) in [6.07, 6.45) is -4.67. The largest absolute Gasteiger partial charge is 0.496 e. The first kappa shape index (κ1) is 24.9. The van der Waals surface area contributed by atoms with E-state index in [0.717, 1.165) is 25.2 Å². The van der Waals surface area contributed by atoms with E-state index in [9.17, 15) is 13.2 Å². The van der Waals surface area contributed by atoms with Crippen molar-refractivity contribution < 1.29 is 17.9 Å². The molecule has 0 amide bonds. The molecule has 0 radical (unpaired) electrons. The first-order chi connectivity index (χ1) is 17.9. The van der Waals surface area contributed by atoms with Crippen molar-refractivity contribution in [3.05, 3.63) is 101 Å². The summed E-state index contributed by atoms with van der Waals surface area (Å²) in [6, 6.07) is 25.8. The molecule has 1 saturated heterocycles. The van der Waals surface area contributed by atoms with Crippen molar-refractivity contribution in [2.75, 3.05) is 26.7 Å². The van der Waals surface area contributed by atoms with Crippen LogP contribution in [0.1, 0.15) is 28.4 Å². The molecule has 0 spiro atoms. The van der Waals surface area contributed by atoms with Crippen molar-refractivity contribution in [1.29, 1.82) is 0 Å². The summed E-state index contributed by atoms with van der Waals surface area (Å²) >= 11 is 0. The summed E-state index contributed by atoms with van der Waals surface area (Å²) in [4.78, 5) is 2.30. The Bertz CT molecular complexity index is 1270. The number of nitrogens with one attached hydrogen (secondary N) is 1. The summed E-state index contributed by atoms with van der Waals surface area (Å²) in [5.74, 6) is -0.420. The van der Waals surface area contributed by atoms with Crippen LogP contribution >= 0.6 is 0 Å². The van der Waals surface area contributed by atoms with Crippen LogP contribution in [0, 0.1) is 0 Å². The van der Waals surface area contributed by atoms with Crippen LogP contribution in [0.5, 0.6) is 5.75 Å². The number of rotatable bonds is 7. The number of hydrogen-bond donors (Lipinski definition) is 1. The number of aromatic nitrogens is 4. The van der Waals surface area contributed by atoms with Gasteiger partial charge in [-0.1, -0.05) is 60.7 Å². The molecule has 37 heavy (non-hydrogen) atoms. The number of piperazine rings is 1. The number of hydrogen-bond acceptors (Lipinski definition) is 6. The zero-order valence-corrected chi connectivity index (χ0v) is 20.3. The minimum absolute atomic E-state index is 0.143. The van der Waals surface area contributed by atoms with Gasteiger partial charge in [-0.15, -0.1) is 5.10 Å². The van der Waals surface area contributed by atoms with E-state index in [1.807, 2.05) is 12.1 Å². The molecule has 1 aliphatic heterocycles. The molecule has 7 nitrogen and oxygen atoms in total. The molecule has 1 aliphatic rings. The Morgan fingerprint density at radius 2 is 1.68 bits per heavy atom.